The molecule has 1 atom stereocenters. The van der Waals surface area contributed by atoms with Crippen LogP contribution in [-0.2, 0) is 18.4 Å². The molecule has 0 saturated carbocycles. The van der Waals surface area contributed by atoms with Crippen LogP contribution in [0.3, 0.4) is 0 Å². The van der Waals surface area contributed by atoms with Crippen molar-refractivity contribution in [3.05, 3.63) is 17.0 Å². The Labute approximate surface area is 121 Å². The smallest absolute Gasteiger partial charge is 0.227 e. The third-order valence-electron chi connectivity index (χ3n) is 4.72. The monoisotopic (exact) mass is 278 g/mol. The van der Waals surface area contributed by atoms with Crippen LogP contribution in [0.2, 0.25) is 0 Å². The Hall–Kier alpha value is -1.36. The number of aromatic nitrogens is 2. The molecule has 1 amide bonds. The van der Waals surface area contributed by atoms with Crippen LogP contribution in [0.1, 0.15) is 43.1 Å². The highest BCUT2D eigenvalue weighted by atomic mass is 16.2. The topological polar surface area (TPSA) is 59.0 Å². The van der Waals surface area contributed by atoms with Crippen molar-refractivity contribution in [3.63, 3.8) is 0 Å². The van der Waals surface area contributed by atoms with Gasteiger partial charge in [-0.1, -0.05) is 6.92 Å². The van der Waals surface area contributed by atoms with Crippen LogP contribution in [0.15, 0.2) is 0 Å². The maximum absolute atomic E-state index is 12.6. The predicted octanol–water partition coefficient (Wildman–Crippen LogP) is 1.43. The van der Waals surface area contributed by atoms with E-state index in [1.54, 1.807) is 0 Å². The summed E-state index contributed by atoms with van der Waals surface area (Å²) >= 11 is 0. The van der Waals surface area contributed by atoms with Crippen molar-refractivity contribution in [2.45, 2.75) is 46.6 Å². The van der Waals surface area contributed by atoms with Crippen molar-refractivity contribution in [3.8, 4) is 0 Å². The van der Waals surface area contributed by atoms with Crippen LogP contribution in [0.4, 0.5) is 0 Å². The third kappa shape index (κ3) is 2.73. The number of nitrogens with zero attached hydrogens (tertiary/aromatic N) is 2. The molecule has 1 aliphatic heterocycles. The van der Waals surface area contributed by atoms with E-state index in [0.29, 0.717) is 6.54 Å². The lowest BCUT2D eigenvalue weighted by Gasteiger charge is -2.35. The van der Waals surface area contributed by atoms with E-state index in [0.717, 1.165) is 49.3 Å². The zero-order valence-corrected chi connectivity index (χ0v) is 13.0. The van der Waals surface area contributed by atoms with E-state index in [1.807, 2.05) is 25.6 Å². The van der Waals surface area contributed by atoms with E-state index in [2.05, 4.69) is 22.7 Å². The number of hydrogen-bond acceptors (Lipinski definition) is 3. The molecule has 20 heavy (non-hydrogen) atoms. The summed E-state index contributed by atoms with van der Waals surface area (Å²) in [6, 6.07) is 0. The first-order valence-corrected chi connectivity index (χ1v) is 7.48. The van der Waals surface area contributed by atoms with Crippen molar-refractivity contribution in [2.75, 3.05) is 13.1 Å². The molecular formula is C15H26N4O. The van der Waals surface area contributed by atoms with Gasteiger partial charge in [0.05, 0.1) is 11.1 Å². The fourth-order valence-electron chi connectivity index (χ4n) is 3.05. The molecule has 0 bridgehead atoms. The average molecular weight is 278 g/mol. The van der Waals surface area contributed by atoms with E-state index in [1.165, 1.54) is 0 Å². The van der Waals surface area contributed by atoms with Gasteiger partial charge in [0.1, 0.15) is 0 Å². The summed E-state index contributed by atoms with van der Waals surface area (Å²) in [5, 5.41) is 10.9. The highest BCUT2D eigenvalue weighted by Gasteiger charge is 2.37. The number of hydrogen-bond donors (Lipinski definition) is 2. The Balaban J connectivity index is 2.04. The SMILES string of the molecule is CCC1(C(=O)NCc2c(C)nn(C)c2C)CCCNC1. The molecule has 1 aromatic heterocycles. The standard InChI is InChI=1S/C15H26N4O/c1-5-15(7-6-8-16-10-15)14(20)17-9-13-11(2)18-19(4)12(13)3/h16H,5-10H2,1-4H3,(H,17,20). The summed E-state index contributed by atoms with van der Waals surface area (Å²) in [4.78, 5) is 12.6. The summed E-state index contributed by atoms with van der Waals surface area (Å²) in [5.74, 6) is 0.176. The number of amides is 1. The van der Waals surface area contributed by atoms with Crippen LogP contribution in [-0.4, -0.2) is 28.8 Å². The second-order valence-electron chi connectivity index (χ2n) is 5.87. The molecule has 1 aliphatic rings. The van der Waals surface area contributed by atoms with E-state index < -0.39 is 0 Å². The number of carbonyl (C=O) groups excluding carboxylic acids is 1. The van der Waals surface area contributed by atoms with Gasteiger partial charge in [0.15, 0.2) is 0 Å². The van der Waals surface area contributed by atoms with Gasteiger partial charge in [-0.25, -0.2) is 0 Å². The summed E-state index contributed by atoms with van der Waals surface area (Å²) < 4.78 is 1.87. The van der Waals surface area contributed by atoms with Gasteiger partial charge in [-0.3, -0.25) is 9.48 Å². The molecule has 1 aromatic rings. The summed E-state index contributed by atoms with van der Waals surface area (Å²) in [5.41, 5.74) is 3.02. The lowest BCUT2D eigenvalue weighted by atomic mass is 9.77. The minimum absolute atomic E-state index is 0.176. The highest BCUT2D eigenvalue weighted by molar-refractivity contribution is 5.83. The van der Waals surface area contributed by atoms with Crippen LogP contribution in [0.5, 0.6) is 0 Å². The highest BCUT2D eigenvalue weighted by Crippen LogP contribution is 2.30. The van der Waals surface area contributed by atoms with Crippen molar-refractivity contribution in [2.24, 2.45) is 12.5 Å². The molecule has 0 aliphatic carbocycles. The summed E-state index contributed by atoms with van der Waals surface area (Å²) in [7, 11) is 1.94. The second-order valence-corrected chi connectivity index (χ2v) is 5.87. The Morgan fingerprint density at radius 3 is 2.75 bits per heavy atom. The third-order valence-corrected chi connectivity index (χ3v) is 4.72. The molecule has 2 heterocycles. The Morgan fingerprint density at radius 2 is 2.25 bits per heavy atom. The van der Waals surface area contributed by atoms with E-state index >= 15 is 0 Å². The molecule has 5 nitrogen and oxygen atoms in total. The Bertz CT molecular complexity index is 486. The molecule has 1 fully saturated rings. The van der Waals surface area contributed by atoms with Gasteiger partial charge in [0.25, 0.3) is 0 Å². The summed E-state index contributed by atoms with van der Waals surface area (Å²) in [6.45, 7) is 8.53. The Morgan fingerprint density at radius 1 is 1.50 bits per heavy atom. The average Bonchev–Trinajstić information content (AvgIpc) is 2.70. The molecule has 0 aromatic carbocycles. The number of aryl methyl sites for hydroxylation is 2. The number of rotatable bonds is 4. The first kappa shape index (κ1) is 15.0. The molecule has 1 unspecified atom stereocenters. The van der Waals surface area contributed by atoms with Crippen molar-refractivity contribution in [1.82, 2.24) is 20.4 Å². The number of piperidine rings is 1. The van der Waals surface area contributed by atoms with Crippen molar-refractivity contribution in [1.29, 1.82) is 0 Å². The largest absolute Gasteiger partial charge is 0.351 e. The van der Waals surface area contributed by atoms with Crippen LogP contribution in [0, 0.1) is 19.3 Å². The van der Waals surface area contributed by atoms with Gasteiger partial charge in [-0.05, 0) is 39.7 Å². The fourth-order valence-corrected chi connectivity index (χ4v) is 3.05. The molecule has 2 rings (SSSR count). The lowest BCUT2D eigenvalue weighted by molar-refractivity contribution is -0.132. The first-order valence-electron chi connectivity index (χ1n) is 7.48. The molecule has 2 N–H and O–H groups in total. The zero-order valence-electron chi connectivity index (χ0n) is 13.0. The molecule has 0 spiro atoms. The normalized spacial score (nSPS) is 22.8. The summed E-state index contributed by atoms with van der Waals surface area (Å²) in [6.07, 6.45) is 2.94. The van der Waals surface area contributed by atoms with Crippen molar-refractivity contribution < 1.29 is 4.79 Å². The van der Waals surface area contributed by atoms with Crippen LogP contribution < -0.4 is 10.6 Å². The number of carbonyl (C=O) groups is 1. The van der Waals surface area contributed by atoms with Gasteiger partial charge in [0, 0.05) is 31.4 Å². The van der Waals surface area contributed by atoms with E-state index in [4.69, 9.17) is 0 Å². The molecule has 1 saturated heterocycles. The number of nitrogens with one attached hydrogen (secondary N) is 2. The van der Waals surface area contributed by atoms with Crippen LogP contribution >= 0.6 is 0 Å². The maximum Gasteiger partial charge on any atom is 0.227 e. The minimum Gasteiger partial charge on any atom is -0.351 e. The quantitative estimate of drug-likeness (QED) is 0.876. The lowest BCUT2D eigenvalue weighted by Crippen LogP contribution is -2.50. The molecular weight excluding hydrogens is 252 g/mol. The maximum atomic E-state index is 12.6. The van der Waals surface area contributed by atoms with Gasteiger partial charge >= 0.3 is 0 Å². The second kappa shape index (κ2) is 5.95. The fraction of sp³-hybridized carbons (Fsp3) is 0.733. The van der Waals surface area contributed by atoms with Gasteiger partial charge in [-0.2, -0.15) is 5.10 Å². The predicted molar refractivity (Wildman–Crippen MR) is 79.4 cm³/mol. The van der Waals surface area contributed by atoms with E-state index in [-0.39, 0.29) is 11.3 Å². The molecule has 5 heteroatoms. The van der Waals surface area contributed by atoms with Gasteiger partial charge in [-0.15, -0.1) is 0 Å². The van der Waals surface area contributed by atoms with E-state index in [9.17, 15) is 4.79 Å². The minimum atomic E-state index is -0.234. The van der Waals surface area contributed by atoms with Crippen LogP contribution in [0.25, 0.3) is 0 Å². The Kier molecular flexibility index (Phi) is 4.48. The zero-order chi connectivity index (χ0) is 14.8. The first-order chi connectivity index (χ1) is 9.50. The molecule has 112 valence electrons. The molecule has 0 radical (unpaired) electrons. The van der Waals surface area contributed by atoms with Gasteiger partial charge < -0.3 is 10.6 Å². The van der Waals surface area contributed by atoms with Crippen molar-refractivity contribution >= 4 is 5.91 Å². The van der Waals surface area contributed by atoms with Gasteiger partial charge in [0.2, 0.25) is 5.91 Å².